The zero-order chi connectivity index (χ0) is 11.5. The van der Waals surface area contributed by atoms with Crippen molar-refractivity contribution in [2.75, 3.05) is 0 Å². The lowest BCUT2D eigenvalue weighted by atomic mass is 10.1. The number of carbonyl (C=O) groups is 1. The molecule has 2 aromatic heterocycles. The molecule has 6 nitrogen and oxygen atoms in total. The number of rotatable bonds is 4. The maximum absolute atomic E-state index is 10.4. The second-order valence-corrected chi connectivity index (χ2v) is 3.61. The van der Waals surface area contributed by atoms with Gasteiger partial charge in [0.1, 0.15) is 0 Å². The molecule has 0 unspecified atom stereocenters. The van der Waals surface area contributed by atoms with Gasteiger partial charge in [-0.15, -0.1) is 0 Å². The molecule has 6 heteroatoms. The van der Waals surface area contributed by atoms with Gasteiger partial charge in [0, 0.05) is 12.1 Å². The summed E-state index contributed by atoms with van der Waals surface area (Å²) < 4.78 is 4.59. The molecule has 0 saturated heterocycles. The highest BCUT2D eigenvalue weighted by Crippen LogP contribution is 2.14. The van der Waals surface area contributed by atoms with Crippen LogP contribution < -0.4 is 0 Å². The first-order valence-electron chi connectivity index (χ1n) is 4.97. The highest BCUT2D eigenvalue weighted by Gasteiger charge is 2.08. The Bertz CT molecular complexity index is 521. The number of aryl methyl sites for hydroxylation is 2. The van der Waals surface area contributed by atoms with Gasteiger partial charge in [-0.3, -0.25) is 4.79 Å². The zero-order valence-electron chi connectivity index (χ0n) is 8.80. The minimum absolute atomic E-state index is 0.149. The van der Waals surface area contributed by atoms with Crippen LogP contribution in [-0.2, 0) is 11.2 Å². The number of hydrogen-bond acceptors (Lipinski definition) is 5. The van der Waals surface area contributed by atoms with Crippen molar-refractivity contribution in [1.29, 1.82) is 0 Å². The molecule has 2 rings (SSSR count). The smallest absolute Gasteiger partial charge is 0.303 e. The molecule has 0 aromatic carbocycles. The summed E-state index contributed by atoms with van der Waals surface area (Å²) in [4.78, 5) is 14.6. The monoisotopic (exact) mass is 221 g/mol. The molecule has 16 heavy (non-hydrogen) atoms. The summed E-state index contributed by atoms with van der Waals surface area (Å²) in [6, 6.07) is 1.88. The molecule has 84 valence electrons. The van der Waals surface area contributed by atoms with Gasteiger partial charge in [0.05, 0.1) is 0 Å². The fourth-order valence-corrected chi connectivity index (χ4v) is 1.54. The molecule has 0 bridgehead atoms. The lowest BCUT2D eigenvalue weighted by Gasteiger charge is -2.00. The quantitative estimate of drug-likeness (QED) is 0.837. The number of carboxylic acids is 1. The number of pyridine rings is 1. The van der Waals surface area contributed by atoms with E-state index in [1.165, 1.54) is 0 Å². The Morgan fingerprint density at radius 2 is 2.31 bits per heavy atom. The standard InChI is InChI=1S/C10H11N3O3/c1-6-5-7(3-2-4-8(14)15)11-10-9(6)12-16-13-10/h5H,2-4H2,1H3,(H,14,15). The Hall–Kier alpha value is -1.98. The van der Waals surface area contributed by atoms with Gasteiger partial charge in [-0.2, -0.15) is 0 Å². The molecule has 2 aromatic rings. The zero-order valence-corrected chi connectivity index (χ0v) is 8.80. The van der Waals surface area contributed by atoms with Crippen molar-refractivity contribution < 1.29 is 14.5 Å². The van der Waals surface area contributed by atoms with E-state index in [9.17, 15) is 4.79 Å². The van der Waals surface area contributed by atoms with Gasteiger partial charge in [-0.1, -0.05) is 0 Å². The van der Waals surface area contributed by atoms with Crippen LogP contribution in [0.5, 0.6) is 0 Å². The van der Waals surface area contributed by atoms with Crippen LogP contribution in [0.25, 0.3) is 11.2 Å². The summed E-state index contributed by atoms with van der Waals surface area (Å²) in [5.41, 5.74) is 2.89. The average molecular weight is 221 g/mol. The molecule has 0 atom stereocenters. The average Bonchev–Trinajstić information content (AvgIpc) is 2.65. The highest BCUT2D eigenvalue weighted by molar-refractivity contribution is 5.72. The van der Waals surface area contributed by atoms with Crippen LogP contribution in [0.3, 0.4) is 0 Å². The molecule has 0 aliphatic carbocycles. The van der Waals surface area contributed by atoms with E-state index in [1.54, 1.807) is 0 Å². The Morgan fingerprint density at radius 3 is 3.06 bits per heavy atom. The van der Waals surface area contributed by atoms with E-state index in [0.717, 1.165) is 11.3 Å². The summed E-state index contributed by atoms with van der Waals surface area (Å²) in [7, 11) is 0. The van der Waals surface area contributed by atoms with E-state index in [1.807, 2.05) is 13.0 Å². The summed E-state index contributed by atoms with van der Waals surface area (Å²) >= 11 is 0. The van der Waals surface area contributed by atoms with Crippen LogP contribution in [0, 0.1) is 6.92 Å². The molecule has 2 heterocycles. The topological polar surface area (TPSA) is 89.1 Å². The van der Waals surface area contributed by atoms with Gasteiger partial charge >= 0.3 is 5.97 Å². The third-order valence-corrected chi connectivity index (χ3v) is 2.30. The normalized spacial score (nSPS) is 10.8. The van der Waals surface area contributed by atoms with Crippen molar-refractivity contribution in [3.8, 4) is 0 Å². The molecule has 1 N–H and O–H groups in total. The Morgan fingerprint density at radius 1 is 1.50 bits per heavy atom. The molecule has 0 fully saturated rings. The molecule has 0 saturated carbocycles. The van der Waals surface area contributed by atoms with Crippen LogP contribution in [0.15, 0.2) is 10.7 Å². The van der Waals surface area contributed by atoms with E-state index in [0.29, 0.717) is 24.0 Å². The number of aliphatic carboxylic acids is 1. The molecule has 0 aliphatic rings. The highest BCUT2D eigenvalue weighted by atomic mass is 16.6. The maximum Gasteiger partial charge on any atom is 0.303 e. The second kappa shape index (κ2) is 4.26. The molecule has 0 amide bonds. The first kappa shape index (κ1) is 10.5. The molecular formula is C10H11N3O3. The number of hydrogen-bond donors (Lipinski definition) is 1. The van der Waals surface area contributed by atoms with Crippen molar-refractivity contribution in [2.45, 2.75) is 26.2 Å². The van der Waals surface area contributed by atoms with E-state index < -0.39 is 5.97 Å². The van der Waals surface area contributed by atoms with Crippen molar-refractivity contribution >= 4 is 17.1 Å². The summed E-state index contributed by atoms with van der Waals surface area (Å²) in [5, 5.41) is 15.9. The molecular weight excluding hydrogens is 210 g/mol. The number of carboxylic acid groups (broad SMARTS) is 1. The van der Waals surface area contributed by atoms with E-state index in [4.69, 9.17) is 5.11 Å². The van der Waals surface area contributed by atoms with Gasteiger partial charge in [0.25, 0.3) is 0 Å². The van der Waals surface area contributed by atoms with E-state index in [-0.39, 0.29) is 6.42 Å². The number of fused-ring (bicyclic) bond motifs is 1. The third-order valence-electron chi connectivity index (χ3n) is 2.30. The van der Waals surface area contributed by atoms with Crippen LogP contribution in [-0.4, -0.2) is 26.4 Å². The SMILES string of the molecule is Cc1cc(CCCC(=O)O)nc2nonc12. The van der Waals surface area contributed by atoms with Gasteiger partial charge in [-0.25, -0.2) is 9.61 Å². The predicted octanol–water partition coefficient (Wildman–Crippen LogP) is 1.33. The first-order chi connectivity index (χ1) is 7.66. The Kier molecular flexibility index (Phi) is 2.80. The lowest BCUT2D eigenvalue weighted by Crippen LogP contribution is -1.98. The Balaban J connectivity index is 2.15. The van der Waals surface area contributed by atoms with Crippen LogP contribution in [0.4, 0.5) is 0 Å². The fourth-order valence-electron chi connectivity index (χ4n) is 1.54. The summed E-state index contributed by atoms with van der Waals surface area (Å²) in [5.74, 6) is -0.791. The third kappa shape index (κ3) is 2.16. The van der Waals surface area contributed by atoms with Crippen molar-refractivity contribution in [3.63, 3.8) is 0 Å². The number of nitrogens with zero attached hydrogens (tertiary/aromatic N) is 3. The van der Waals surface area contributed by atoms with Gasteiger partial charge in [-0.05, 0) is 41.7 Å². The maximum atomic E-state index is 10.4. The summed E-state index contributed by atoms with van der Waals surface area (Å²) in [6.07, 6.45) is 1.34. The lowest BCUT2D eigenvalue weighted by molar-refractivity contribution is -0.137. The van der Waals surface area contributed by atoms with Crippen molar-refractivity contribution in [1.82, 2.24) is 15.3 Å². The predicted molar refractivity (Wildman–Crippen MR) is 54.9 cm³/mol. The van der Waals surface area contributed by atoms with Crippen LogP contribution in [0.1, 0.15) is 24.1 Å². The molecule has 0 spiro atoms. The minimum Gasteiger partial charge on any atom is -0.481 e. The summed E-state index contributed by atoms with van der Waals surface area (Å²) in [6.45, 7) is 1.90. The van der Waals surface area contributed by atoms with E-state index >= 15 is 0 Å². The fraction of sp³-hybridized carbons (Fsp3) is 0.400. The van der Waals surface area contributed by atoms with Crippen LogP contribution >= 0.6 is 0 Å². The van der Waals surface area contributed by atoms with Crippen molar-refractivity contribution in [2.24, 2.45) is 0 Å². The van der Waals surface area contributed by atoms with Gasteiger partial charge < -0.3 is 5.11 Å². The first-order valence-corrected chi connectivity index (χ1v) is 4.97. The largest absolute Gasteiger partial charge is 0.481 e. The molecule has 0 radical (unpaired) electrons. The van der Waals surface area contributed by atoms with E-state index in [2.05, 4.69) is 19.9 Å². The van der Waals surface area contributed by atoms with Gasteiger partial charge in [0.2, 0.25) is 5.65 Å². The van der Waals surface area contributed by atoms with Crippen LogP contribution in [0.2, 0.25) is 0 Å². The molecule has 0 aliphatic heterocycles. The number of aromatic nitrogens is 3. The Labute approximate surface area is 91.2 Å². The van der Waals surface area contributed by atoms with Crippen molar-refractivity contribution in [3.05, 3.63) is 17.3 Å². The second-order valence-electron chi connectivity index (χ2n) is 3.61. The van der Waals surface area contributed by atoms with Gasteiger partial charge in [0.15, 0.2) is 5.52 Å². The minimum atomic E-state index is -0.791.